The Morgan fingerprint density at radius 3 is 2.77 bits per heavy atom. The number of esters is 1. The van der Waals surface area contributed by atoms with E-state index in [-0.39, 0.29) is 12.8 Å². The van der Waals surface area contributed by atoms with Crippen molar-refractivity contribution in [3.05, 3.63) is 53.9 Å². The SMILES string of the molecule is Cc1ccc(-c2nnc(CCC(=O)OCC(=O)Nc3cccc4nsnc34)o2)cc1. The van der Waals surface area contributed by atoms with E-state index in [4.69, 9.17) is 9.15 Å². The van der Waals surface area contributed by atoms with Gasteiger partial charge in [0.15, 0.2) is 6.61 Å². The molecule has 0 radical (unpaired) electrons. The van der Waals surface area contributed by atoms with Gasteiger partial charge in [-0.15, -0.1) is 10.2 Å². The van der Waals surface area contributed by atoms with Crippen LogP contribution in [0.4, 0.5) is 5.69 Å². The van der Waals surface area contributed by atoms with Crippen LogP contribution < -0.4 is 5.32 Å². The Hall–Kier alpha value is -3.66. The number of nitrogens with zero attached hydrogens (tertiary/aromatic N) is 4. The van der Waals surface area contributed by atoms with Crippen LogP contribution >= 0.6 is 11.7 Å². The van der Waals surface area contributed by atoms with Crippen molar-refractivity contribution >= 4 is 40.3 Å². The number of carbonyl (C=O) groups is 2. The number of benzene rings is 2. The normalized spacial score (nSPS) is 10.8. The number of aryl methyl sites for hydroxylation is 2. The topological polar surface area (TPSA) is 120 Å². The van der Waals surface area contributed by atoms with Crippen LogP contribution in [0.25, 0.3) is 22.5 Å². The van der Waals surface area contributed by atoms with E-state index < -0.39 is 18.5 Å². The molecule has 4 aromatic rings. The van der Waals surface area contributed by atoms with Crippen molar-refractivity contribution in [3.63, 3.8) is 0 Å². The molecule has 0 fully saturated rings. The molecule has 0 bridgehead atoms. The summed E-state index contributed by atoms with van der Waals surface area (Å²) in [5, 5.41) is 10.6. The zero-order valence-corrected chi connectivity index (χ0v) is 16.8. The van der Waals surface area contributed by atoms with Crippen molar-refractivity contribution in [2.45, 2.75) is 19.8 Å². The lowest BCUT2D eigenvalue weighted by Crippen LogP contribution is -2.21. The minimum atomic E-state index is -0.534. The van der Waals surface area contributed by atoms with E-state index in [0.717, 1.165) is 22.9 Å². The number of hydrogen-bond acceptors (Lipinski definition) is 9. The summed E-state index contributed by atoms with van der Waals surface area (Å²) in [6, 6.07) is 13.0. The first-order valence-electron chi connectivity index (χ1n) is 9.14. The van der Waals surface area contributed by atoms with Crippen molar-refractivity contribution in [3.8, 4) is 11.5 Å². The van der Waals surface area contributed by atoms with Gasteiger partial charge in [0.2, 0.25) is 11.8 Å². The molecule has 30 heavy (non-hydrogen) atoms. The van der Waals surface area contributed by atoms with Crippen molar-refractivity contribution in [1.29, 1.82) is 0 Å². The van der Waals surface area contributed by atoms with E-state index in [1.54, 1.807) is 18.2 Å². The number of amides is 1. The molecule has 2 aromatic heterocycles. The first-order valence-corrected chi connectivity index (χ1v) is 9.88. The van der Waals surface area contributed by atoms with Gasteiger partial charge in [0.05, 0.1) is 23.8 Å². The summed E-state index contributed by atoms with van der Waals surface area (Å²) < 4.78 is 18.9. The molecule has 9 nitrogen and oxygen atoms in total. The summed E-state index contributed by atoms with van der Waals surface area (Å²) in [5.74, 6) is -0.268. The molecule has 0 atom stereocenters. The maximum Gasteiger partial charge on any atom is 0.306 e. The van der Waals surface area contributed by atoms with E-state index in [1.807, 2.05) is 31.2 Å². The number of carbonyl (C=O) groups excluding carboxylic acids is 2. The molecule has 1 N–H and O–H groups in total. The van der Waals surface area contributed by atoms with Gasteiger partial charge < -0.3 is 14.5 Å². The molecular formula is C20H17N5O4S. The second-order valence-corrected chi connectivity index (χ2v) is 7.04. The second kappa shape index (κ2) is 8.78. The summed E-state index contributed by atoms with van der Waals surface area (Å²) in [6.07, 6.45) is 0.248. The fourth-order valence-electron chi connectivity index (χ4n) is 2.69. The lowest BCUT2D eigenvalue weighted by atomic mass is 10.1. The Labute approximate surface area is 175 Å². The van der Waals surface area contributed by atoms with Gasteiger partial charge in [-0.1, -0.05) is 23.8 Å². The molecule has 1 amide bonds. The predicted octanol–water partition coefficient (Wildman–Crippen LogP) is 3.16. The smallest absolute Gasteiger partial charge is 0.306 e. The highest BCUT2D eigenvalue weighted by Crippen LogP contribution is 2.21. The third kappa shape index (κ3) is 4.66. The van der Waals surface area contributed by atoms with Crippen LogP contribution in [0.1, 0.15) is 17.9 Å². The molecule has 4 rings (SSSR count). The van der Waals surface area contributed by atoms with Crippen LogP contribution in [0.15, 0.2) is 46.9 Å². The van der Waals surface area contributed by atoms with Gasteiger partial charge in [0, 0.05) is 12.0 Å². The van der Waals surface area contributed by atoms with E-state index in [2.05, 4.69) is 24.3 Å². The maximum absolute atomic E-state index is 12.1. The van der Waals surface area contributed by atoms with Gasteiger partial charge >= 0.3 is 5.97 Å². The zero-order valence-electron chi connectivity index (χ0n) is 16.0. The average molecular weight is 423 g/mol. The lowest BCUT2D eigenvalue weighted by Gasteiger charge is -2.06. The first-order chi connectivity index (χ1) is 14.6. The number of fused-ring (bicyclic) bond motifs is 1. The van der Waals surface area contributed by atoms with Gasteiger partial charge in [-0.3, -0.25) is 9.59 Å². The molecule has 0 saturated carbocycles. The van der Waals surface area contributed by atoms with Crippen LogP contribution in [0.5, 0.6) is 0 Å². The van der Waals surface area contributed by atoms with Crippen molar-refractivity contribution in [1.82, 2.24) is 18.9 Å². The van der Waals surface area contributed by atoms with Crippen molar-refractivity contribution in [2.24, 2.45) is 0 Å². The molecule has 152 valence electrons. The molecule has 0 aliphatic carbocycles. The van der Waals surface area contributed by atoms with E-state index >= 15 is 0 Å². The minimum Gasteiger partial charge on any atom is -0.456 e. The van der Waals surface area contributed by atoms with Crippen LogP contribution in [0.2, 0.25) is 0 Å². The molecule has 2 heterocycles. The van der Waals surface area contributed by atoms with Gasteiger partial charge in [0.1, 0.15) is 11.0 Å². The highest BCUT2D eigenvalue weighted by Gasteiger charge is 2.14. The summed E-state index contributed by atoms with van der Waals surface area (Å²) >= 11 is 1.06. The Morgan fingerprint density at radius 1 is 1.10 bits per heavy atom. The van der Waals surface area contributed by atoms with Gasteiger partial charge in [-0.25, -0.2) is 0 Å². The number of rotatable bonds is 7. The fourth-order valence-corrected chi connectivity index (χ4v) is 3.24. The Morgan fingerprint density at radius 2 is 1.93 bits per heavy atom. The Balaban J connectivity index is 1.25. The maximum atomic E-state index is 12.1. The van der Waals surface area contributed by atoms with E-state index in [1.165, 1.54) is 0 Å². The standard InChI is InChI=1S/C20H17N5O4S/c1-12-5-7-13(8-6-12)20-23-22-17(29-20)9-10-18(27)28-11-16(26)21-14-3-2-4-15-19(14)25-30-24-15/h2-8H,9-11H2,1H3,(H,21,26). The molecule has 10 heteroatoms. The number of hydrogen-bond donors (Lipinski definition) is 1. The Bertz CT molecular complexity index is 1190. The van der Waals surface area contributed by atoms with Gasteiger partial charge in [0.25, 0.3) is 5.91 Å². The molecule has 0 unspecified atom stereocenters. The van der Waals surface area contributed by atoms with Crippen LogP contribution in [-0.4, -0.2) is 37.4 Å². The molecule has 2 aromatic carbocycles. The van der Waals surface area contributed by atoms with E-state index in [0.29, 0.717) is 28.5 Å². The third-order valence-corrected chi connectivity index (χ3v) is 4.78. The van der Waals surface area contributed by atoms with Gasteiger partial charge in [-0.2, -0.15) is 8.75 Å². The minimum absolute atomic E-state index is 0.0222. The number of nitrogens with one attached hydrogen (secondary N) is 1. The highest BCUT2D eigenvalue weighted by molar-refractivity contribution is 7.00. The quantitative estimate of drug-likeness (QED) is 0.450. The number of ether oxygens (including phenoxy) is 1. The molecule has 0 saturated heterocycles. The van der Waals surface area contributed by atoms with Gasteiger partial charge in [-0.05, 0) is 31.2 Å². The lowest BCUT2D eigenvalue weighted by molar-refractivity contribution is -0.147. The summed E-state index contributed by atoms with van der Waals surface area (Å²) in [7, 11) is 0. The fraction of sp³-hybridized carbons (Fsp3) is 0.200. The number of aromatic nitrogens is 4. The van der Waals surface area contributed by atoms with Crippen molar-refractivity contribution < 1.29 is 18.7 Å². The highest BCUT2D eigenvalue weighted by atomic mass is 32.1. The largest absolute Gasteiger partial charge is 0.456 e. The number of anilines is 1. The van der Waals surface area contributed by atoms with Crippen LogP contribution in [-0.2, 0) is 20.7 Å². The third-order valence-electron chi connectivity index (χ3n) is 4.23. The average Bonchev–Trinajstić information content (AvgIpc) is 3.41. The predicted molar refractivity (Wildman–Crippen MR) is 110 cm³/mol. The first kappa shape index (κ1) is 19.6. The Kier molecular flexibility index (Phi) is 5.75. The summed E-state index contributed by atoms with van der Waals surface area (Å²) in [6.45, 7) is 1.59. The molecular weight excluding hydrogens is 406 g/mol. The van der Waals surface area contributed by atoms with Crippen LogP contribution in [0, 0.1) is 6.92 Å². The monoisotopic (exact) mass is 423 g/mol. The molecule has 0 aliphatic rings. The summed E-state index contributed by atoms with van der Waals surface area (Å²) in [5.41, 5.74) is 3.76. The van der Waals surface area contributed by atoms with E-state index in [9.17, 15) is 9.59 Å². The second-order valence-electron chi connectivity index (χ2n) is 6.51. The van der Waals surface area contributed by atoms with Crippen LogP contribution in [0.3, 0.4) is 0 Å². The summed E-state index contributed by atoms with van der Waals surface area (Å²) in [4.78, 5) is 24.0. The van der Waals surface area contributed by atoms with Crippen molar-refractivity contribution in [2.75, 3.05) is 11.9 Å². The molecule has 0 spiro atoms. The molecule has 0 aliphatic heterocycles. The zero-order chi connectivity index (χ0) is 20.9.